The van der Waals surface area contributed by atoms with Crippen LogP contribution in [0.25, 0.3) is 0 Å². The van der Waals surface area contributed by atoms with Gasteiger partial charge in [0.25, 0.3) is 5.91 Å². The molecule has 114 valence electrons. The van der Waals surface area contributed by atoms with Crippen molar-refractivity contribution in [3.8, 4) is 0 Å². The summed E-state index contributed by atoms with van der Waals surface area (Å²) >= 11 is 0. The van der Waals surface area contributed by atoms with Gasteiger partial charge in [0.1, 0.15) is 12.4 Å². The first-order valence-corrected chi connectivity index (χ1v) is 7.13. The van der Waals surface area contributed by atoms with E-state index in [1.807, 2.05) is 19.0 Å². The number of nitrogens with zero attached hydrogens (tertiary/aromatic N) is 3. The molecule has 1 aromatic rings. The molecular weight excluding hydrogens is 270 g/mol. The van der Waals surface area contributed by atoms with E-state index in [2.05, 4.69) is 4.98 Å². The van der Waals surface area contributed by atoms with Crippen LogP contribution in [-0.4, -0.2) is 55.0 Å². The third kappa shape index (κ3) is 3.93. The largest absolute Gasteiger partial charge is 0.465 e. The van der Waals surface area contributed by atoms with Crippen LogP contribution < -0.4 is 4.90 Å². The number of carbonyl (C=O) groups is 2. The van der Waals surface area contributed by atoms with E-state index in [1.165, 1.54) is 0 Å². The van der Waals surface area contributed by atoms with E-state index >= 15 is 0 Å². The Bertz CT molecular complexity index is 509. The summed E-state index contributed by atoms with van der Waals surface area (Å²) in [6.45, 7) is 2.09. The van der Waals surface area contributed by atoms with Crippen molar-refractivity contribution in [1.82, 2.24) is 9.88 Å². The second kappa shape index (κ2) is 6.56. The maximum Gasteiger partial charge on any atom is 0.325 e. The zero-order valence-corrected chi connectivity index (χ0v) is 12.7. The number of esters is 1. The number of aromatic nitrogens is 1. The van der Waals surface area contributed by atoms with Gasteiger partial charge in [-0.3, -0.25) is 9.59 Å². The first-order chi connectivity index (χ1) is 10.0. The first kappa shape index (κ1) is 15.3. The Kier molecular flexibility index (Phi) is 4.77. The van der Waals surface area contributed by atoms with Crippen LogP contribution in [0.2, 0.25) is 0 Å². The van der Waals surface area contributed by atoms with Gasteiger partial charge in [0.2, 0.25) is 0 Å². The highest BCUT2D eigenvalue weighted by Gasteiger charge is 2.34. The quantitative estimate of drug-likeness (QED) is 0.740. The molecule has 0 bridgehead atoms. The Morgan fingerprint density at radius 3 is 2.52 bits per heavy atom. The molecule has 0 aromatic carbocycles. The summed E-state index contributed by atoms with van der Waals surface area (Å²) in [5, 5.41) is 0. The number of ether oxygens (including phenoxy) is 1. The fourth-order valence-corrected chi connectivity index (χ4v) is 2.04. The summed E-state index contributed by atoms with van der Waals surface area (Å²) in [6, 6.07) is 3.68. The number of amides is 1. The standard InChI is InChI=1S/C15H21N3O3/c1-4-21-14(19)10-18(12-6-7-12)15(20)11-5-8-13(16-9-11)17(2)3/h5,8-9,12H,4,6-7,10H2,1-3H3. The van der Waals surface area contributed by atoms with Gasteiger partial charge in [-0.15, -0.1) is 0 Å². The summed E-state index contributed by atoms with van der Waals surface area (Å²) in [5.74, 6) is 0.258. The Hall–Kier alpha value is -2.11. The number of hydrogen-bond donors (Lipinski definition) is 0. The molecule has 0 atom stereocenters. The molecule has 0 N–H and O–H groups in total. The third-order valence-corrected chi connectivity index (χ3v) is 3.31. The van der Waals surface area contributed by atoms with E-state index in [1.54, 1.807) is 30.2 Å². The lowest BCUT2D eigenvalue weighted by atomic mass is 10.2. The highest BCUT2D eigenvalue weighted by atomic mass is 16.5. The van der Waals surface area contributed by atoms with Crippen molar-refractivity contribution in [2.75, 3.05) is 32.1 Å². The van der Waals surface area contributed by atoms with Crippen molar-refractivity contribution >= 4 is 17.7 Å². The van der Waals surface area contributed by atoms with E-state index in [4.69, 9.17) is 4.74 Å². The molecule has 0 aliphatic heterocycles. The Balaban J connectivity index is 2.09. The molecule has 1 amide bonds. The predicted octanol–water partition coefficient (Wildman–Crippen LogP) is 1.32. The van der Waals surface area contributed by atoms with Crippen LogP contribution in [0.5, 0.6) is 0 Å². The lowest BCUT2D eigenvalue weighted by molar-refractivity contribution is -0.144. The van der Waals surface area contributed by atoms with Crippen molar-refractivity contribution < 1.29 is 14.3 Å². The Labute approximate surface area is 124 Å². The topological polar surface area (TPSA) is 62.7 Å². The molecule has 0 saturated heterocycles. The monoisotopic (exact) mass is 291 g/mol. The van der Waals surface area contributed by atoms with Gasteiger partial charge >= 0.3 is 5.97 Å². The normalized spacial score (nSPS) is 13.7. The maximum absolute atomic E-state index is 12.5. The van der Waals surface area contributed by atoms with Crippen LogP contribution >= 0.6 is 0 Å². The van der Waals surface area contributed by atoms with Crippen LogP contribution in [0, 0.1) is 0 Å². The zero-order chi connectivity index (χ0) is 15.4. The van der Waals surface area contributed by atoms with Crippen molar-refractivity contribution in [2.45, 2.75) is 25.8 Å². The van der Waals surface area contributed by atoms with Crippen molar-refractivity contribution in [1.29, 1.82) is 0 Å². The number of pyridine rings is 1. The van der Waals surface area contributed by atoms with Gasteiger partial charge in [0.05, 0.1) is 12.2 Å². The average Bonchev–Trinajstić information content (AvgIpc) is 3.29. The van der Waals surface area contributed by atoms with E-state index in [0.717, 1.165) is 18.7 Å². The van der Waals surface area contributed by atoms with Gasteiger partial charge in [-0.2, -0.15) is 0 Å². The molecular formula is C15H21N3O3. The molecule has 6 nitrogen and oxygen atoms in total. The molecule has 21 heavy (non-hydrogen) atoms. The molecule has 0 spiro atoms. The Morgan fingerprint density at radius 2 is 2.05 bits per heavy atom. The molecule has 0 radical (unpaired) electrons. The summed E-state index contributed by atoms with van der Waals surface area (Å²) in [4.78, 5) is 31.8. The predicted molar refractivity (Wildman–Crippen MR) is 79.3 cm³/mol. The lowest BCUT2D eigenvalue weighted by Gasteiger charge is -2.21. The van der Waals surface area contributed by atoms with Gasteiger partial charge < -0.3 is 14.5 Å². The molecule has 1 aromatic heterocycles. The lowest BCUT2D eigenvalue weighted by Crippen LogP contribution is -2.38. The molecule has 1 fully saturated rings. The number of carbonyl (C=O) groups excluding carboxylic acids is 2. The molecule has 1 saturated carbocycles. The SMILES string of the molecule is CCOC(=O)CN(C(=O)c1ccc(N(C)C)nc1)C1CC1. The zero-order valence-electron chi connectivity index (χ0n) is 12.7. The molecule has 1 aliphatic rings. The molecule has 1 heterocycles. The van der Waals surface area contributed by atoms with Gasteiger partial charge in [-0.05, 0) is 31.9 Å². The smallest absolute Gasteiger partial charge is 0.325 e. The number of hydrogen-bond acceptors (Lipinski definition) is 5. The van der Waals surface area contributed by atoms with Crippen LogP contribution in [-0.2, 0) is 9.53 Å². The summed E-state index contributed by atoms with van der Waals surface area (Å²) in [6.07, 6.45) is 3.43. The van der Waals surface area contributed by atoms with Gasteiger partial charge in [0, 0.05) is 26.3 Å². The summed E-state index contributed by atoms with van der Waals surface area (Å²) in [5.41, 5.74) is 0.497. The molecule has 2 rings (SSSR count). The minimum Gasteiger partial charge on any atom is -0.465 e. The van der Waals surface area contributed by atoms with Crippen molar-refractivity contribution in [2.24, 2.45) is 0 Å². The summed E-state index contributed by atoms with van der Waals surface area (Å²) < 4.78 is 4.93. The molecule has 1 aliphatic carbocycles. The third-order valence-electron chi connectivity index (χ3n) is 3.31. The minimum atomic E-state index is -0.365. The second-order valence-corrected chi connectivity index (χ2v) is 5.27. The summed E-state index contributed by atoms with van der Waals surface area (Å²) in [7, 11) is 3.78. The minimum absolute atomic E-state index is 0.00672. The average molecular weight is 291 g/mol. The van der Waals surface area contributed by atoms with E-state index < -0.39 is 0 Å². The van der Waals surface area contributed by atoms with Gasteiger partial charge in [-0.25, -0.2) is 4.98 Å². The second-order valence-electron chi connectivity index (χ2n) is 5.27. The van der Waals surface area contributed by atoms with Gasteiger partial charge in [0.15, 0.2) is 0 Å². The first-order valence-electron chi connectivity index (χ1n) is 7.13. The van der Waals surface area contributed by atoms with Crippen LogP contribution in [0.3, 0.4) is 0 Å². The van der Waals surface area contributed by atoms with E-state index in [-0.39, 0.29) is 24.5 Å². The highest BCUT2D eigenvalue weighted by molar-refractivity contribution is 5.96. The number of anilines is 1. The van der Waals surface area contributed by atoms with Crippen LogP contribution in [0.15, 0.2) is 18.3 Å². The number of rotatable bonds is 6. The molecule has 0 unspecified atom stereocenters. The van der Waals surface area contributed by atoms with Crippen molar-refractivity contribution in [3.05, 3.63) is 23.9 Å². The van der Waals surface area contributed by atoms with Crippen LogP contribution in [0.1, 0.15) is 30.1 Å². The van der Waals surface area contributed by atoms with E-state index in [9.17, 15) is 9.59 Å². The van der Waals surface area contributed by atoms with Crippen molar-refractivity contribution in [3.63, 3.8) is 0 Å². The fraction of sp³-hybridized carbons (Fsp3) is 0.533. The maximum atomic E-state index is 12.5. The van der Waals surface area contributed by atoms with Crippen LogP contribution in [0.4, 0.5) is 5.82 Å². The van der Waals surface area contributed by atoms with E-state index in [0.29, 0.717) is 12.2 Å². The Morgan fingerprint density at radius 1 is 1.33 bits per heavy atom. The highest BCUT2D eigenvalue weighted by Crippen LogP contribution is 2.28. The van der Waals surface area contributed by atoms with Gasteiger partial charge in [-0.1, -0.05) is 0 Å². The fourth-order valence-electron chi connectivity index (χ4n) is 2.04. The molecule has 6 heteroatoms.